The fourth-order valence-electron chi connectivity index (χ4n) is 2.27. The van der Waals surface area contributed by atoms with Gasteiger partial charge in [0.05, 0.1) is 11.1 Å². The summed E-state index contributed by atoms with van der Waals surface area (Å²) >= 11 is 3.15. The van der Waals surface area contributed by atoms with E-state index in [9.17, 15) is 8.78 Å². The molecule has 1 aromatic carbocycles. The molecule has 2 rings (SSSR count). The van der Waals surface area contributed by atoms with Crippen molar-refractivity contribution in [3.63, 3.8) is 0 Å². The van der Waals surface area contributed by atoms with Gasteiger partial charge in [0.1, 0.15) is 5.82 Å². The largest absolute Gasteiger partial charge is 0.303 e. The molecule has 94 valence electrons. The van der Waals surface area contributed by atoms with E-state index in [1.807, 2.05) is 6.07 Å². The maximum absolute atomic E-state index is 13.3. The summed E-state index contributed by atoms with van der Waals surface area (Å²) in [5.74, 6) is 0.395. The van der Waals surface area contributed by atoms with Crippen LogP contribution in [0, 0.1) is 11.7 Å². The van der Waals surface area contributed by atoms with Crippen LogP contribution in [0.15, 0.2) is 22.7 Å². The number of nitrogens with zero attached hydrogens (tertiary/aromatic N) is 1. The number of alkyl halides is 1. The zero-order chi connectivity index (χ0) is 12.3. The predicted octanol–water partition coefficient (Wildman–Crippen LogP) is 3.42. The van der Waals surface area contributed by atoms with Crippen LogP contribution in [0.2, 0.25) is 0 Å². The summed E-state index contributed by atoms with van der Waals surface area (Å²) in [5.41, 5.74) is 1.04. The van der Waals surface area contributed by atoms with Crippen LogP contribution >= 0.6 is 15.9 Å². The number of benzene rings is 1. The van der Waals surface area contributed by atoms with E-state index in [2.05, 4.69) is 20.8 Å². The van der Waals surface area contributed by atoms with Gasteiger partial charge >= 0.3 is 0 Å². The van der Waals surface area contributed by atoms with Crippen molar-refractivity contribution in [1.82, 2.24) is 4.90 Å². The van der Waals surface area contributed by atoms with Crippen LogP contribution in [0.5, 0.6) is 0 Å². The average Bonchev–Trinajstić information content (AvgIpc) is 2.26. The quantitative estimate of drug-likeness (QED) is 0.805. The molecule has 1 heterocycles. The Bertz CT molecular complexity index is 378. The average molecular weight is 304 g/mol. The lowest BCUT2D eigenvalue weighted by Crippen LogP contribution is -2.47. The van der Waals surface area contributed by atoms with Crippen molar-refractivity contribution in [2.75, 3.05) is 26.3 Å². The highest BCUT2D eigenvalue weighted by Crippen LogP contribution is 2.23. The van der Waals surface area contributed by atoms with Gasteiger partial charge in [-0.05, 0) is 52.4 Å². The number of rotatable bonds is 5. The van der Waals surface area contributed by atoms with E-state index in [-0.39, 0.29) is 12.5 Å². The van der Waals surface area contributed by atoms with Crippen molar-refractivity contribution in [3.05, 3.63) is 34.1 Å². The number of hydrogen-bond acceptors (Lipinski definition) is 1. The van der Waals surface area contributed by atoms with Gasteiger partial charge in [-0.25, -0.2) is 4.39 Å². The smallest absolute Gasteiger partial charge is 0.137 e. The van der Waals surface area contributed by atoms with E-state index >= 15 is 0 Å². The fraction of sp³-hybridized carbons (Fsp3) is 0.538. The Morgan fingerprint density at radius 3 is 2.76 bits per heavy atom. The van der Waals surface area contributed by atoms with Gasteiger partial charge in [0.2, 0.25) is 0 Å². The predicted molar refractivity (Wildman–Crippen MR) is 68.3 cm³/mol. The van der Waals surface area contributed by atoms with Gasteiger partial charge in [-0.15, -0.1) is 0 Å². The lowest BCUT2D eigenvalue weighted by atomic mass is 9.92. The van der Waals surface area contributed by atoms with E-state index in [4.69, 9.17) is 0 Å². The molecule has 1 aliphatic heterocycles. The van der Waals surface area contributed by atoms with Crippen LogP contribution in [0.3, 0.4) is 0 Å². The van der Waals surface area contributed by atoms with Gasteiger partial charge in [0, 0.05) is 19.6 Å². The van der Waals surface area contributed by atoms with Crippen LogP contribution in [-0.2, 0) is 6.42 Å². The molecule has 1 aliphatic rings. The molecule has 0 amide bonds. The first-order valence-electron chi connectivity index (χ1n) is 5.91. The van der Waals surface area contributed by atoms with E-state index in [0.717, 1.165) is 31.6 Å². The summed E-state index contributed by atoms with van der Waals surface area (Å²) < 4.78 is 25.8. The standard InChI is InChI=1S/C13H16BrF2N/c14-12-3-2-10(7-13(12)16)6-11-8-17(9-11)5-1-4-15/h2-3,7,11H,1,4-6,8-9H2. The molecule has 0 unspecified atom stereocenters. The zero-order valence-electron chi connectivity index (χ0n) is 9.63. The minimum Gasteiger partial charge on any atom is -0.303 e. The Morgan fingerprint density at radius 2 is 2.12 bits per heavy atom. The molecule has 1 aromatic rings. The van der Waals surface area contributed by atoms with Gasteiger partial charge in [-0.2, -0.15) is 0 Å². The lowest BCUT2D eigenvalue weighted by molar-refractivity contribution is 0.0968. The zero-order valence-corrected chi connectivity index (χ0v) is 11.2. The first kappa shape index (κ1) is 13.0. The second-order valence-corrected chi connectivity index (χ2v) is 5.48. The highest BCUT2D eigenvalue weighted by Gasteiger charge is 2.26. The summed E-state index contributed by atoms with van der Waals surface area (Å²) in [6.45, 7) is 2.64. The molecule has 0 saturated carbocycles. The first-order chi connectivity index (χ1) is 8.19. The van der Waals surface area contributed by atoms with E-state index in [0.29, 0.717) is 16.8 Å². The van der Waals surface area contributed by atoms with Crippen LogP contribution < -0.4 is 0 Å². The molecule has 0 aliphatic carbocycles. The molecule has 0 spiro atoms. The summed E-state index contributed by atoms with van der Waals surface area (Å²) in [6.07, 6.45) is 1.54. The Balaban J connectivity index is 1.77. The van der Waals surface area contributed by atoms with Gasteiger partial charge in [-0.3, -0.25) is 4.39 Å². The highest BCUT2D eigenvalue weighted by atomic mass is 79.9. The third-order valence-electron chi connectivity index (χ3n) is 3.15. The summed E-state index contributed by atoms with van der Waals surface area (Å²) in [5, 5.41) is 0. The van der Waals surface area contributed by atoms with Crippen molar-refractivity contribution >= 4 is 15.9 Å². The lowest BCUT2D eigenvalue weighted by Gasteiger charge is -2.39. The Kier molecular flexibility index (Phi) is 4.51. The van der Waals surface area contributed by atoms with Crippen molar-refractivity contribution < 1.29 is 8.78 Å². The molecule has 1 saturated heterocycles. The Morgan fingerprint density at radius 1 is 1.35 bits per heavy atom. The van der Waals surface area contributed by atoms with Gasteiger partial charge in [0.25, 0.3) is 0 Å². The second-order valence-electron chi connectivity index (χ2n) is 4.62. The third kappa shape index (κ3) is 3.49. The second kappa shape index (κ2) is 5.91. The molecule has 1 nitrogen and oxygen atoms in total. The van der Waals surface area contributed by atoms with Gasteiger partial charge < -0.3 is 4.90 Å². The van der Waals surface area contributed by atoms with Crippen molar-refractivity contribution in [3.8, 4) is 0 Å². The minimum atomic E-state index is -0.237. The summed E-state index contributed by atoms with van der Waals surface area (Å²) in [6, 6.07) is 5.30. The molecule has 17 heavy (non-hydrogen) atoms. The van der Waals surface area contributed by atoms with Gasteiger partial charge in [-0.1, -0.05) is 6.07 Å². The molecule has 0 N–H and O–H groups in total. The Hall–Kier alpha value is -0.480. The third-order valence-corrected chi connectivity index (χ3v) is 3.79. The van der Waals surface area contributed by atoms with E-state index < -0.39 is 0 Å². The molecule has 0 atom stereocenters. The first-order valence-corrected chi connectivity index (χ1v) is 6.70. The molecule has 1 fully saturated rings. The van der Waals surface area contributed by atoms with Crippen LogP contribution in [0.4, 0.5) is 8.78 Å². The van der Waals surface area contributed by atoms with Crippen LogP contribution in [0.25, 0.3) is 0 Å². The van der Waals surface area contributed by atoms with Crippen LogP contribution in [0.1, 0.15) is 12.0 Å². The van der Waals surface area contributed by atoms with Crippen molar-refractivity contribution in [2.45, 2.75) is 12.8 Å². The van der Waals surface area contributed by atoms with Crippen molar-refractivity contribution in [1.29, 1.82) is 0 Å². The molecule has 0 radical (unpaired) electrons. The van der Waals surface area contributed by atoms with E-state index in [1.54, 1.807) is 12.1 Å². The topological polar surface area (TPSA) is 3.24 Å². The molecule has 4 heteroatoms. The molecular formula is C13H16BrF2N. The summed E-state index contributed by atoms with van der Waals surface area (Å²) in [4.78, 5) is 2.25. The highest BCUT2D eigenvalue weighted by molar-refractivity contribution is 9.10. The normalized spacial score (nSPS) is 17.1. The SMILES string of the molecule is FCCCN1CC(Cc2ccc(Br)c(F)c2)C1. The van der Waals surface area contributed by atoms with E-state index in [1.165, 1.54) is 0 Å². The minimum absolute atomic E-state index is 0.198. The summed E-state index contributed by atoms with van der Waals surface area (Å²) in [7, 11) is 0. The van der Waals surface area contributed by atoms with Crippen LogP contribution in [-0.4, -0.2) is 31.2 Å². The fourth-order valence-corrected chi connectivity index (χ4v) is 2.52. The molecule has 0 aromatic heterocycles. The maximum Gasteiger partial charge on any atom is 0.137 e. The number of halogens is 3. The van der Waals surface area contributed by atoms with Gasteiger partial charge in [0.15, 0.2) is 0 Å². The van der Waals surface area contributed by atoms with Crippen molar-refractivity contribution in [2.24, 2.45) is 5.92 Å². The molecule has 0 bridgehead atoms. The number of likely N-dealkylation sites (tertiary alicyclic amines) is 1. The number of hydrogen-bond donors (Lipinski definition) is 0. The maximum atomic E-state index is 13.3. The Labute approximate surface area is 109 Å². The monoisotopic (exact) mass is 303 g/mol. The molecular weight excluding hydrogens is 288 g/mol.